The molecular formula is C12H17N3OS. The van der Waals surface area contributed by atoms with Crippen LogP contribution in [-0.4, -0.2) is 16.8 Å². The van der Waals surface area contributed by atoms with E-state index in [0.29, 0.717) is 6.61 Å². The standard InChI is InChI=1S/C12H17N3OS/c1-9-6-12(15(3)14-9)16-8-11-5-4-10(17-11)7-13-2/h4-6,13H,7-8H2,1-3H3. The second-order valence-electron chi connectivity index (χ2n) is 3.93. The summed E-state index contributed by atoms with van der Waals surface area (Å²) in [7, 11) is 3.84. The van der Waals surface area contributed by atoms with E-state index in [1.54, 1.807) is 16.0 Å². The van der Waals surface area contributed by atoms with Crippen molar-refractivity contribution in [2.24, 2.45) is 7.05 Å². The summed E-state index contributed by atoms with van der Waals surface area (Å²) in [4.78, 5) is 2.56. The second-order valence-corrected chi connectivity index (χ2v) is 5.19. The van der Waals surface area contributed by atoms with Gasteiger partial charge in [-0.05, 0) is 26.1 Å². The zero-order valence-electron chi connectivity index (χ0n) is 10.4. The predicted octanol–water partition coefficient (Wildman–Crippen LogP) is 2.09. The van der Waals surface area contributed by atoms with E-state index in [-0.39, 0.29) is 0 Å². The van der Waals surface area contributed by atoms with Gasteiger partial charge < -0.3 is 10.1 Å². The number of nitrogens with one attached hydrogen (secondary N) is 1. The van der Waals surface area contributed by atoms with Crippen molar-refractivity contribution in [3.8, 4) is 5.88 Å². The van der Waals surface area contributed by atoms with E-state index in [4.69, 9.17) is 4.74 Å². The van der Waals surface area contributed by atoms with Crippen molar-refractivity contribution in [1.82, 2.24) is 15.1 Å². The molecule has 0 aliphatic heterocycles. The van der Waals surface area contributed by atoms with Gasteiger partial charge in [0, 0.05) is 29.4 Å². The van der Waals surface area contributed by atoms with Crippen LogP contribution in [0.15, 0.2) is 18.2 Å². The number of nitrogens with zero attached hydrogens (tertiary/aromatic N) is 2. The summed E-state index contributed by atoms with van der Waals surface area (Å²) in [6.07, 6.45) is 0. The van der Waals surface area contributed by atoms with Gasteiger partial charge in [0.15, 0.2) is 0 Å². The van der Waals surface area contributed by atoms with E-state index in [9.17, 15) is 0 Å². The van der Waals surface area contributed by atoms with E-state index >= 15 is 0 Å². The maximum absolute atomic E-state index is 5.73. The van der Waals surface area contributed by atoms with Gasteiger partial charge >= 0.3 is 0 Å². The molecule has 0 amide bonds. The van der Waals surface area contributed by atoms with Crippen LogP contribution in [0.3, 0.4) is 0 Å². The van der Waals surface area contributed by atoms with Crippen LogP contribution in [0.1, 0.15) is 15.4 Å². The maximum Gasteiger partial charge on any atom is 0.212 e. The normalized spacial score (nSPS) is 10.8. The van der Waals surface area contributed by atoms with Crippen molar-refractivity contribution >= 4 is 11.3 Å². The molecule has 2 rings (SSSR count). The number of hydrogen-bond donors (Lipinski definition) is 1. The second kappa shape index (κ2) is 5.33. The quantitative estimate of drug-likeness (QED) is 0.884. The van der Waals surface area contributed by atoms with Crippen LogP contribution in [0.25, 0.3) is 0 Å². The van der Waals surface area contributed by atoms with Crippen LogP contribution in [0.2, 0.25) is 0 Å². The first-order chi connectivity index (χ1) is 8.19. The third-order valence-electron chi connectivity index (χ3n) is 2.39. The van der Waals surface area contributed by atoms with Crippen molar-refractivity contribution in [2.45, 2.75) is 20.1 Å². The highest BCUT2D eigenvalue weighted by atomic mass is 32.1. The molecule has 5 heteroatoms. The molecule has 1 N–H and O–H groups in total. The average Bonchev–Trinajstić information content (AvgIpc) is 2.83. The number of rotatable bonds is 5. The Labute approximate surface area is 105 Å². The molecule has 0 unspecified atom stereocenters. The van der Waals surface area contributed by atoms with Gasteiger partial charge in [0.25, 0.3) is 0 Å². The lowest BCUT2D eigenvalue weighted by molar-refractivity contribution is 0.282. The Balaban J connectivity index is 1.95. The summed E-state index contributed by atoms with van der Waals surface area (Å²) < 4.78 is 7.49. The molecule has 2 heterocycles. The maximum atomic E-state index is 5.73. The molecule has 0 atom stereocenters. The van der Waals surface area contributed by atoms with Gasteiger partial charge in [-0.25, -0.2) is 4.68 Å². The van der Waals surface area contributed by atoms with Crippen LogP contribution >= 0.6 is 11.3 Å². The number of ether oxygens (including phenoxy) is 1. The van der Waals surface area contributed by atoms with E-state index < -0.39 is 0 Å². The first-order valence-corrected chi connectivity index (χ1v) is 6.36. The number of hydrogen-bond acceptors (Lipinski definition) is 4. The van der Waals surface area contributed by atoms with Crippen LogP contribution in [0.5, 0.6) is 5.88 Å². The molecule has 2 aromatic rings. The van der Waals surface area contributed by atoms with Gasteiger partial charge in [0.1, 0.15) is 6.61 Å². The zero-order valence-corrected chi connectivity index (χ0v) is 11.2. The van der Waals surface area contributed by atoms with E-state index in [0.717, 1.165) is 18.1 Å². The third kappa shape index (κ3) is 3.08. The van der Waals surface area contributed by atoms with E-state index in [1.807, 2.05) is 27.1 Å². The largest absolute Gasteiger partial charge is 0.472 e. The van der Waals surface area contributed by atoms with Crippen LogP contribution in [0.4, 0.5) is 0 Å². The Morgan fingerprint density at radius 1 is 1.41 bits per heavy atom. The molecule has 4 nitrogen and oxygen atoms in total. The Kier molecular flexibility index (Phi) is 3.81. The Hall–Kier alpha value is -1.33. The molecule has 0 fully saturated rings. The highest BCUT2D eigenvalue weighted by Gasteiger charge is 2.04. The molecule has 0 aliphatic carbocycles. The zero-order chi connectivity index (χ0) is 12.3. The minimum absolute atomic E-state index is 0.605. The summed E-state index contributed by atoms with van der Waals surface area (Å²) in [5.41, 5.74) is 0.976. The van der Waals surface area contributed by atoms with Gasteiger partial charge in [-0.2, -0.15) is 5.10 Å². The van der Waals surface area contributed by atoms with Gasteiger partial charge in [-0.1, -0.05) is 0 Å². The summed E-state index contributed by atoms with van der Waals surface area (Å²) in [6, 6.07) is 6.19. The van der Waals surface area contributed by atoms with E-state index in [1.165, 1.54) is 9.75 Å². The molecular weight excluding hydrogens is 234 g/mol. The Morgan fingerprint density at radius 2 is 2.18 bits per heavy atom. The van der Waals surface area contributed by atoms with Crippen molar-refractivity contribution in [2.75, 3.05) is 7.05 Å². The van der Waals surface area contributed by atoms with Crippen molar-refractivity contribution in [1.29, 1.82) is 0 Å². The Morgan fingerprint density at radius 3 is 2.82 bits per heavy atom. The van der Waals surface area contributed by atoms with Crippen LogP contribution < -0.4 is 10.1 Å². The van der Waals surface area contributed by atoms with E-state index in [2.05, 4.69) is 22.5 Å². The van der Waals surface area contributed by atoms with Crippen molar-refractivity contribution in [3.05, 3.63) is 33.6 Å². The fourth-order valence-corrected chi connectivity index (χ4v) is 2.58. The van der Waals surface area contributed by atoms with Gasteiger partial charge in [-0.15, -0.1) is 11.3 Å². The summed E-state index contributed by atoms with van der Waals surface area (Å²) in [5, 5.41) is 7.38. The van der Waals surface area contributed by atoms with Gasteiger partial charge in [0.2, 0.25) is 5.88 Å². The minimum atomic E-state index is 0.605. The predicted molar refractivity (Wildman–Crippen MR) is 69.4 cm³/mol. The van der Waals surface area contributed by atoms with Crippen molar-refractivity contribution in [3.63, 3.8) is 0 Å². The van der Waals surface area contributed by atoms with Crippen LogP contribution in [-0.2, 0) is 20.2 Å². The monoisotopic (exact) mass is 251 g/mol. The highest BCUT2D eigenvalue weighted by molar-refractivity contribution is 7.11. The summed E-state index contributed by atoms with van der Waals surface area (Å²) in [6.45, 7) is 3.48. The van der Waals surface area contributed by atoms with Crippen LogP contribution in [0, 0.1) is 6.92 Å². The average molecular weight is 251 g/mol. The molecule has 2 aromatic heterocycles. The topological polar surface area (TPSA) is 39.1 Å². The molecule has 17 heavy (non-hydrogen) atoms. The summed E-state index contributed by atoms with van der Waals surface area (Å²) in [5.74, 6) is 0.811. The SMILES string of the molecule is CNCc1ccc(COc2cc(C)nn2C)s1. The first-order valence-electron chi connectivity index (χ1n) is 5.54. The fraction of sp³-hybridized carbons (Fsp3) is 0.417. The fourth-order valence-electron chi connectivity index (χ4n) is 1.64. The van der Waals surface area contributed by atoms with Gasteiger partial charge in [-0.3, -0.25) is 0 Å². The first kappa shape index (κ1) is 12.1. The van der Waals surface area contributed by atoms with Gasteiger partial charge in [0.05, 0.1) is 5.69 Å². The number of thiophene rings is 1. The molecule has 92 valence electrons. The summed E-state index contributed by atoms with van der Waals surface area (Å²) >= 11 is 1.77. The molecule has 0 saturated carbocycles. The molecule has 0 aromatic carbocycles. The minimum Gasteiger partial charge on any atom is -0.472 e. The molecule has 0 spiro atoms. The van der Waals surface area contributed by atoms with Crippen molar-refractivity contribution < 1.29 is 4.74 Å². The Bertz CT molecular complexity index is 490. The lowest BCUT2D eigenvalue weighted by Gasteiger charge is -2.03. The lowest BCUT2D eigenvalue weighted by atomic mass is 10.4. The third-order valence-corrected chi connectivity index (χ3v) is 3.45. The molecule has 0 bridgehead atoms. The molecule has 0 saturated heterocycles. The number of aryl methyl sites for hydroxylation is 2. The number of aromatic nitrogens is 2. The highest BCUT2D eigenvalue weighted by Crippen LogP contribution is 2.19. The lowest BCUT2D eigenvalue weighted by Crippen LogP contribution is -2.02. The molecule has 0 aliphatic rings. The molecule has 0 radical (unpaired) electrons. The smallest absolute Gasteiger partial charge is 0.212 e.